The number of aryl methyl sites for hydroxylation is 1. The number of nitrogens with zero attached hydrogens (tertiary/aromatic N) is 4. The van der Waals surface area contributed by atoms with Crippen LogP contribution in [0.15, 0.2) is 24.5 Å². The van der Waals surface area contributed by atoms with Crippen molar-refractivity contribution < 1.29 is 14.3 Å². The molecule has 1 aromatic heterocycles. The highest BCUT2D eigenvalue weighted by atomic mass is 16.5. The molecule has 0 bridgehead atoms. The predicted molar refractivity (Wildman–Crippen MR) is 78.4 cm³/mol. The number of hydrogen-bond acceptors (Lipinski definition) is 6. The normalized spacial score (nSPS) is 10.3. The van der Waals surface area contributed by atoms with Crippen molar-refractivity contribution in [1.29, 1.82) is 0 Å². The maximum Gasteiger partial charge on any atom is 0.306 e. The quantitative estimate of drug-likeness (QED) is 0.806. The molecule has 0 saturated carbocycles. The summed E-state index contributed by atoms with van der Waals surface area (Å²) in [5.74, 6) is -0.629. The van der Waals surface area contributed by atoms with Gasteiger partial charge >= 0.3 is 5.97 Å². The van der Waals surface area contributed by atoms with Gasteiger partial charge in [0.2, 0.25) is 5.91 Å². The van der Waals surface area contributed by atoms with Gasteiger partial charge < -0.3 is 10.1 Å². The fraction of sp³-hybridized carbons (Fsp3) is 0.357. The van der Waals surface area contributed by atoms with Crippen LogP contribution in [0.25, 0.3) is 5.69 Å². The van der Waals surface area contributed by atoms with Crippen LogP contribution in [0, 0.1) is 6.92 Å². The standard InChI is InChI=1S/C14H17N5O3/c1-3-22-14(21)7-6-13(20)16-11-5-4-10(2)12(8-11)19-9-15-17-18-19/h4-5,8-9H,3,6-7H2,1-2H3,(H,16,20). The van der Waals surface area contributed by atoms with E-state index in [9.17, 15) is 9.59 Å². The summed E-state index contributed by atoms with van der Waals surface area (Å²) in [5.41, 5.74) is 2.36. The topological polar surface area (TPSA) is 99.0 Å². The van der Waals surface area contributed by atoms with Crippen LogP contribution in [0.4, 0.5) is 5.69 Å². The number of carbonyl (C=O) groups excluding carboxylic acids is 2. The molecule has 0 saturated heterocycles. The average Bonchev–Trinajstić information content (AvgIpc) is 3.01. The molecular formula is C14H17N5O3. The smallest absolute Gasteiger partial charge is 0.306 e. The molecule has 0 spiro atoms. The van der Waals surface area contributed by atoms with Crippen molar-refractivity contribution in [1.82, 2.24) is 20.2 Å². The van der Waals surface area contributed by atoms with E-state index < -0.39 is 0 Å². The third-order valence-electron chi connectivity index (χ3n) is 2.95. The van der Waals surface area contributed by atoms with E-state index in [-0.39, 0.29) is 24.7 Å². The summed E-state index contributed by atoms with van der Waals surface area (Å²) in [7, 11) is 0. The molecule has 1 amide bonds. The maximum atomic E-state index is 11.8. The van der Waals surface area contributed by atoms with Gasteiger partial charge in [0.1, 0.15) is 6.33 Å². The summed E-state index contributed by atoms with van der Waals surface area (Å²) in [6.45, 7) is 3.96. The molecular weight excluding hydrogens is 286 g/mol. The zero-order chi connectivity index (χ0) is 15.9. The fourth-order valence-electron chi connectivity index (χ4n) is 1.88. The molecule has 0 radical (unpaired) electrons. The van der Waals surface area contributed by atoms with E-state index in [1.54, 1.807) is 19.1 Å². The second-order valence-corrected chi connectivity index (χ2v) is 4.61. The van der Waals surface area contributed by atoms with Gasteiger partial charge in [-0.05, 0) is 42.0 Å². The van der Waals surface area contributed by atoms with Gasteiger partial charge in [0.25, 0.3) is 0 Å². The Morgan fingerprint density at radius 1 is 1.32 bits per heavy atom. The van der Waals surface area contributed by atoms with E-state index in [4.69, 9.17) is 4.74 Å². The van der Waals surface area contributed by atoms with Crippen LogP contribution in [-0.4, -0.2) is 38.7 Å². The molecule has 0 unspecified atom stereocenters. The predicted octanol–water partition coefficient (Wildman–Crippen LogP) is 1.25. The molecule has 0 fully saturated rings. The van der Waals surface area contributed by atoms with Crippen molar-refractivity contribution in [2.24, 2.45) is 0 Å². The number of anilines is 1. The van der Waals surface area contributed by atoms with E-state index in [1.165, 1.54) is 11.0 Å². The lowest BCUT2D eigenvalue weighted by atomic mass is 10.1. The molecule has 0 aliphatic rings. The first-order chi connectivity index (χ1) is 10.6. The number of tetrazole rings is 1. The van der Waals surface area contributed by atoms with Crippen LogP contribution in [0.1, 0.15) is 25.3 Å². The van der Waals surface area contributed by atoms with E-state index in [1.807, 2.05) is 13.0 Å². The van der Waals surface area contributed by atoms with Gasteiger partial charge in [-0.2, -0.15) is 0 Å². The Balaban J connectivity index is 2.00. The van der Waals surface area contributed by atoms with Gasteiger partial charge in [-0.25, -0.2) is 4.68 Å². The number of esters is 1. The Hall–Kier alpha value is -2.77. The molecule has 0 aliphatic carbocycles. The summed E-state index contributed by atoms with van der Waals surface area (Å²) < 4.78 is 6.30. The number of hydrogen-bond donors (Lipinski definition) is 1. The van der Waals surface area contributed by atoms with E-state index in [2.05, 4.69) is 20.8 Å². The van der Waals surface area contributed by atoms with Crippen LogP contribution in [-0.2, 0) is 14.3 Å². The molecule has 8 heteroatoms. The van der Waals surface area contributed by atoms with Gasteiger partial charge in [0, 0.05) is 12.1 Å². The molecule has 2 aromatic rings. The highest BCUT2D eigenvalue weighted by Crippen LogP contribution is 2.18. The summed E-state index contributed by atoms with van der Waals surface area (Å²) in [5, 5.41) is 13.8. The summed E-state index contributed by atoms with van der Waals surface area (Å²) in [6.07, 6.45) is 1.62. The Morgan fingerprint density at radius 2 is 2.14 bits per heavy atom. The van der Waals surface area contributed by atoms with E-state index in [0.717, 1.165) is 11.3 Å². The lowest BCUT2D eigenvalue weighted by Crippen LogP contribution is -2.15. The minimum Gasteiger partial charge on any atom is -0.466 e. The van der Waals surface area contributed by atoms with Crippen LogP contribution < -0.4 is 5.32 Å². The number of benzene rings is 1. The summed E-state index contributed by atoms with van der Waals surface area (Å²) in [4.78, 5) is 23.1. The van der Waals surface area contributed by atoms with Crippen LogP contribution in [0.2, 0.25) is 0 Å². The lowest BCUT2D eigenvalue weighted by molar-refractivity contribution is -0.144. The first kappa shape index (κ1) is 15.6. The van der Waals surface area contributed by atoms with Gasteiger partial charge in [0.05, 0.1) is 18.7 Å². The maximum absolute atomic E-state index is 11.8. The Kier molecular flexibility index (Phi) is 5.18. The minimum absolute atomic E-state index is 0.0609. The number of ether oxygens (including phenoxy) is 1. The largest absolute Gasteiger partial charge is 0.466 e. The second-order valence-electron chi connectivity index (χ2n) is 4.61. The van der Waals surface area contributed by atoms with Crippen molar-refractivity contribution in [3.63, 3.8) is 0 Å². The van der Waals surface area contributed by atoms with Crippen molar-refractivity contribution >= 4 is 17.6 Å². The first-order valence-electron chi connectivity index (χ1n) is 6.89. The van der Waals surface area contributed by atoms with Crippen molar-refractivity contribution in [3.05, 3.63) is 30.1 Å². The Bertz CT molecular complexity index is 655. The summed E-state index contributed by atoms with van der Waals surface area (Å²) >= 11 is 0. The molecule has 0 atom stereocenters. The Morgan fingerprint density at radius 3 is 2.82 bits per heavy atom. The minimum atomic E-state index is -0.379. The van der Waals surface area contributed by atoms with Crippen LogP contribution >= 0.6 is 0 Å². The van der Waals surface area contributed by atoms with Gasteiger partial charge in [0.15, 0.2) is 0 Å². The zero-order valence-corrected chi connectivity index (χ0v) is 12.4. The number of rotatable bonds is 6. The fourth-order valence-corrected chi connectivity index (χ4v) is 1.88. The molecule has 2 rings (SSSR count). The Labute approximate surface area is 127 Å². The van der Waals surface area contributed by atoms with Crippen molar-refractivity contribution in [2.75, 3.05) is 11.9 Å². The van der Waals surface area contributed by atoms with E-state index >= 15 is 0 Å². The summed E-state index contributed by atoms with van der Waals surface area (Å²) in [6, 6.07) is 5.41. The first-order valence-corrected chi connectivity index (χ1v) is 6.89. The van der Waals surface area contributed by atoms with E-state index in [0.29, 0.717) is 12.3 Å². The molecule has 1 aromatic carbocycles. The average molecular weight is 303 g/mol. The van der Waals surface area contributed by atoms with Crippen LogP contribution in [0.3, 0.4) is 0 Å². The molecule has 1 N–H and O–H groups in total. The van der Waals surface area contributed by atoms with Gasteiger partial charge in [-0.1, -0.05) is 6.07 Å². The van der Waals surface area contributed by atoms with Gasteiger partial charge in [-0.3, -0.25) is 9.59 Å². The highest BCUT2D eigenvalue weighted by molar-refractivity contribution is 5.92. The third-order valence-corrected chi connectivity index (χ3v) is 2.95. The number of carbonyl (C=O) groups is 2. The highest BCUT2D eigenvalue weighted by Gasteiger charge is 2.09. The van der Waals surface area contributed by atoms with Crippen molar-refractivity contribution in [2.45, 2.75) is 26.7 Å². The molecule has 22 heavy (non-hydrogen) atoms. The number of nitrogens with one attached hydrogen (secondary N) is 1. The van der Waals surface area contributed by atoms with Crippen molar-refractivity contribution in [3.8, 4) is 5.69 Å². The van der Waals surface area contributed by atoms with Gasteiger partial charge in [-0.15, -0.1) is 5.10 Å². The number of aromatic nitrogens is 4. The zero-order valence-electron chi connectivity index (χ0n) is 12.4. The SMILES string of the molecule is CCOC(=O)CCC(=O)Nc1ccc(C)c(-n2cnnn2)c1. The molecule has 1 heterocycles. The second kappa shape index (κ2) is 7.30. The molecule has 116 valence electrons. The number of amides is 1. The molecule has 8 nitrogen and oxygen atoms in total. The van der Waals surface area contributed by atoms with Crippen LogP contribution in [0.5, 0.6) is 0 Å². The monoisotopic (exact) mass is 303 g/mol. The third kappa shape index (κ3) is 4.11. The lowest BCUT2D eigenvalue weighted by Gasteiger charge is -2.09. The molecule has 0 aliphatic heterocycles.